The summed E-state index contributed by atoms with van der Waals surface area (Å²) in [7, 11) is 0. The highest BCUT2D eigenvalue weighted by Gasteiger charge is 2.36. The van der Waals surface area contributed by atoms with E-state index < -0.39 is 5.97 Å². The molecule has 0 aliphatic heterocycles. The van der Waals surface area contributed by atoms with Gasteiger partial charge in [-0.1, -0.05) is 26.7 Å². The fourth-order valence-electron chi connectivity index (χ4n) is 3.21. The Balaban J connectivity index is 2.78. The minimum atomic E-state index is -0.694. The van der Waals surface area contributed by atoms with Crippen molar-refractivity contribution in [3.63, 3.8) is 0 Å². The van der Waals surface area contributed by atoms with Crippen LogP contribution in [0.15, 0.2) is 0 Å². The van der Waals surface area contributed by atoms with Crippen molar-refractivity contribution in [2.24, 2.45) is 11.8 Å². The van der Waals surface area contributed by atoms with Gasteiger partial charge < -0.3 is 5.11 Å². The molecule has 0 spiro atoms. The van der Waals surface area contributed by atoms with Crippen LogP contribution in [0.4, 0.5) is 0 Å². The molecule has 3 unspecified atom stereocenters. The highest BCUT2D eigenvalue weighted by Crippen LogP contribution is 2.35. The molecule has 3 heteroatoms. The van der Waals surface area contributed by atoms with Crippen LogP contribution in [0, 0.1) is 11.8 Å². The average Bonchev–Trinajstić information content (AvgIpc) is 2.22. The third-order valence-corrected chi connectivity index (χ3v) is 4.49. The Morgan fingerprint density at radius 1 is 1.28 bits per heavy atom. The molecule has 0 aromatic carbocycles. The number of carbonyl (C=O) groups is 1. The van der Waals surface area contributed by atoms with Crippen molar-refractivity contribution >= 4 is 5.97 Å². The molecule has 0 aromatic heterocycles. The summed E-state index contributed by atoms with van der Waals surface area (Å²) in [6, 6.07) is 0.535. The molecule has 1 N–H and O–H groups in total. The summed E-state index contributed by atoms with van der Waals surface area (Å²) < 4.78 is 0. The van der Waals surface area contributed by atoms with Crippen molar-refractivity contribution < 1.29 is 9.90 Å². The smallest absolute Gasteiger partial charge is 0.304 e. The molecule has 1 rings (SSSR count). The van der Waals surface area contributed by atoms with Gasteiger partial charge in [0.1, 0.15) is 0 Å². The van der Waals surface area contributed by atoms with Gasteiger partial charge in [0.15, 0.2) is 0 Å². The Kier molecular flexibility index (Phi) is 5.20. The maximum Gasteiger partial charge on any atom is 0.304 e. The second-order valence-electron chi connectivity index (χ2n) is 6.84. The zero-order chi connectivity index (χ0) is 13.9. The molecule has 1 aliphatic rings. The molecule has 0 heterocycles. The van der Waals surface area contributed by atoms with Gasteiger partial charge in [-0.25, -0.2) is 0 Å². The maximum absolute atomic E-state index is 10.8. The Morgan fingerprint density at radius 2 is 1.89 bits per heavy atom. The van der Waals surface area contributed by atoms with Crippen molar-refractivity contribution in [3.8, 4) is 0 Å². The SMILES string of the molecule is CC1CCCC(N(CCC(=O)O)C(C)(C)C)C1C. The second-order valence-corrected chi connectivity index (χ2v) is 6.84. The zero-order valence-corrected chi connectivity index (χ0v) is 12.6. The van der Waals surface area contributed by atoms with E-state index in [0.717, 1.165) is 5.92 Å². The summed E-state index contributed by atoms with van der Waals surface area (Å²) in [5.41, 5.74) is 0.0471. The fourth-order valence-corrected chi connectivity index (χ4v) is 3.21. The summed E-state index contributed by atoms with van der Waals surface area (Å²) in [6.07, 6.45) is 4.04. The molecular formula is C15H29NO2. The predicted octanol–water partition coefficient (Wildman–Crippen LogP) is 3.39. The lowest BCUT2D eigenvalue weighted by molar-refractivity contribution is -0.138. The van der Waals surface area contributed by atoms with Crippen molar-refractivity contribution in [2.45, 2.75) is 71.9 Å². The van der Waals surface area contributed by atoms with Crippen LogP contribution in [-0.4, -0.2) is 34.1 Å². The van der Waals surface area contributed by atoms with Crippen LogP contribution in [0.3, 0.4) is 0 Å². The average molecular weight is 255 g/mol. The molecule has 18 heavy (non-hydrogen) atoms. The van der Waals surface area contributed by atoms with E-state index in [1.54, 1.807) is 0 Å². The number of hydrogen-bond acceptors (Lipinski definition) is 2. The first kappa shape index (κ1) is 15.5. The molecule has 1 saturated carbocycles. The predicted molar refractivity (Wildman–Crippen MR) is 74.7 cm³/mol. The van der Waals surface area contributed by atoms with Crippen molar-refractivity contribution in [1.82, 2.24) is 4.90 Å². The van der Waals surface area contributed by atoms with Gasteiger partial charge in [0.05, 0.1) is 6.42 Å². The third kappa shape index (κ3) is 3.98. The number of carboxylic acid groups (broad SMARTS) is 1. The van der Waals surface area contributed by atoms with Gasteiger partial charge >= 0.3 is 5.97 Å². The minimum absolute atomic E-state index is 0.0471. The lowest BCUT2D eigenvalue weighted by atomic mass is 9.76. The number of hydrogen-bond donors (Lipinski definition) is 1. The Hall–Kier alpha value is -0.570. The van der Waals surface area contributed by atoms with Crippen molar-refractivity contribution in [2.75, 3.05) is 6.54 Å². The molecule has 1 fully saturated rings. The van der Waals surface area contributed by atoms with Crippen molar-refractivity contribution in [3.05, 3.63) is 0 Å². The van der Waals surface area contributed by atoms with Crippen LogP contribution in [0.5, 0.6) is 0 Å². The third-order valence-electron chi connectivity index (χ3n) is 4.49. The normalized spacial score (nSPS) is 29.6. The molecule has 0 amide bonds. The summed E-state index contributed by atoms with van der Waals surface area (Å²) in [4.78, 5) is 13.3. The van der Waals surface area contributed by atoms with Gasteiger partial charge in [0.25, 0.3) is 0 Å². The van der Waals surface area contributed by atoms with E-state index in [1.165, 1.54) is 19.3 Å². The molecule has 106 valence electrons. The van der Waals surface area contributed by atoms with E-state index in [1.807, 2.05) is 0 Å². The van der Waals surface area contributed by atoms with Crippen LogP contribution in [0.1, 0.15) is 60.3 Å². The fraction of sp³-hybridized carbons (Fsp3) is 0.933. The Bertz CT molecular complexity index is 283. The Labute approximate surface area is 112 Å². The van der Waals surface area contributed by atoms with Crippen LogP contribution in [-0.2, 0) is 4.79 Å². The number of rotatable bonds is 4. The van der Waals surface area contributed by atoms with Crippen LogP contribution in [0.25, 0.3) is 0 Å². The van der Waals surface area contributed by atoms with Gasteiger partial charge in [-0.3, -0.25) is 9.69 Å². The van der Waals surface area contributed by atoms with E-state index >= 15 is 0 Å². The molecule has 0 radical (unpaired) electrons. The summed E-state index contributed by atoms with van der Waals surface area (Å²) in [5, 5.41) is 8.92. The number of nitrogens with zero attached hydrogens (tertiary/aromatic N) is 1. The van der Waals surface area contributed by atoms with Gasteiger partial charge in [-0.2, -0.15) is 0 Å². The lowest BCUT2D eigenvalue weighted by Crippen LogP contribution is -2.53. The second kappa shape index (κ2) is 6.05. The standard InChI is InChI=1S/C15H29NO2/c1-11-7-6-8-13(12(11)2)16(15(3,4)5)10-9-14(17)18/h11-13H,6-10H2,1-5H3,(H,17,18). The maximum atomic E-state index is 10.8. The van der Waals surface area contributed by atoms with Gasteiger partial charge in [0, 0.05) is 18.1 Å². The van der Waals surface area contributed by atoms with Crippen molar-refractivity contribution in [1.29, 1.82) is 0 Å². The van der Waals surface area contributed by atoms with Crippen LogP contribution in [0.2, 0.25) is 0 Å². The number of carboxylic acids is 1. The number of aliphatic carboxylic acids is 1. The molecule has 3 atom stereocenters. The first-order valence-electron chi connectivity index (χ1n) is 7.22. The van der Waals surface area contributed by atoms with E-state index in [4.69, 9.17) is 5.11 Å². The zero-order valence-electron chi connectivity index (χ0n) is 12.6. The van der Waals surface area contributed by atoms with Gasteiger partial charge in [-0.15, -0.1) is 0 Å². The molecule has 1 aliphatic carbocycles. The highest BCUT2D eigenvalue weighted by atomic mass is 16.4. The monoisotopic (exact) mass is 255 g/mol. The van der Waals surface area contributed by atoms with Gasteiger partial charge in [0.2, 0.25) is 0 Å². The topological polar surface area (TPSA) is 40.5 Å². The Morgan fingerprint density at radius 3 is 2.39 bits per heavy atom. The minimum Gasteiger partial charge on any atom is -0.481 e. The molecule has 0 saturated heterocycles. The van der Waals surface area contributed by atoms with E-state index in [2.05, 4.69) is 39.5 Å². The van der Waals surface area contributed by atoms with Crippen LogP contribution < -0.4 is 0 Å². The molecule has 0 bridgehead atoms. The first-order valence-corrected chi connectivity index (χ1v) is 7.22. The first-order chi connectivity index (χ1) is 8.23. The summed E-state index contributed by atoms with van der Waals surface area (Å²) >= 11 is 0. The molecular weight excluding hydrogens is 226 g/mol. The van der Waals surface area contributed by atoms with E-state index in [9.17, 15) is 4.79 Å². The summed E-state index contributed by atoms with van der Waals surface area (Å²) in [6.45, 7) is 11.9. The lowest BCUT2D eigenvalue weighted by Gasteiger charge is -2.47. The van der Waals surface area contributed by atoms with Gasteiger partial charge in [-0.05, 0) is 39.0 Å². The van der Waals surface area contributed by atoms with Crippen LogP contribution >= 0.6 is 0 Å². The quantitative estimate of drug-likeness (QED) is 0.837. The summed E-state index contributed by atoms with van der Waals surface area (Å²) in [5.74, 6) is 0.714. The highest BCUT2D eigenvalue weighted by molar-refractivity contribution is 5.66. The van der Waals surface area contributed by atoms with E-state index in [0.29, 0.717) is 18.5 Å². The molecule has 3 nitrogen and oxygen atoms in total. The molecule has 0 aromatic rings. The van der Waals surface area contributed by atoms with E-state index in [-0.39, 0.29) is 12.0 Å². The largest absolute Gasteiger partial charge is 0.481 e.